The third-order valence-corrected chi connectivity index (χ3v) is 5.66. The number of benzene rings is 2. The maximum atomic E-state index is 13.1. The molecular weight excluding hydrogens is 500 g/mol. The van der Waals surface area contributed by atoms with Crippen LogP contribution in [0, 0.1) is 19.5 Å². The molecule has 1 amide bonds. The molecule has 0 aliphatic carbocycles. The summed E-state index contributed by atoms with van der Waals surface area (Å²) in [6.07, 6.45) is 1.41. The van der Waals surface area contributed by atoms with Gasteiger partial charge in [-0.15, -0.1) is 0 Å². The molecule has 10 heteroatoms. The van der Waals surface area contributed by atoms with Crippen molar-refractivity contribution in [3.8, 4) is 5.75 Å². The van der Waals surface area contributed by atoms with Gasteiger partial charge in [0.1, 0.15) is 11.6 Å². The Hall–Kier alpha value is -2.47. The van der Waals surface area contributed by atoms with Crippen LogP contribution in [0.4, 0.5) is 15.8 Å². The van der Waals surface area contributed by atoms with Crippen molar-refractivity contribution in [2.75, 3.05) is 6.54 Å². The van der Waals surface area contributed by atoms with Gasteiger partial charge < -0.3 is 5.11 Å². The van der Waals surface area contributed by atoms with Crippen LogP contribution in [0.1, 0.15) is 12.5 Å². The zero-order valence-corrected chi connectivity index (χ0v) is 17.4. The van der Waals surface area contributed by atoms with E-state index in [0.29, 0.717) is 21.0 Å². The number of phenols is 1. The molecule has 1 aliphatic rings. The molecular formula is C18H13FIN3O4S. The Bertz CT molecular complexity index is 1020. The minimum absolute atomic E-state index is 0.140. The fourth-order valence-corrected chi connectivity index (χ4v) is 4.14. The van der Waals surface area contributed by atoms with E-state index in [2.05, 4.69) is 4.99 Å². The number of carbonyl (C=O) groups is 1. The molecule has 0 spiro atoms. The van der Waals surface area contributed by atoms with Crippen LogP contribution in [0.15, 0.2) is 46.3 Å². The van der Waals surface area contributed by atoms with Gasteiger partial charge in [0.15, 0.2) is 5.17 Å². The van der Waals surface area contributed by atoms with Gasteiger partial charge in [0.25, 0.3) is 11.6 Å². The van der Waals surface area contributed by atoms with Crippen molar-refractivity contribution in [2.24, 2.45) is 4.99 Å². The van der Waals surface area contributed by atoms with Gasteiger partial charge in [-0.2, -0.15) is 0 Å². The summed E-state index contributed by atoms with van der Waals surface area (Å²) in [5, 5.41) is 21.7. The number of hydrogen-bond acceptors (Lipinski definition) is 6. The predicted octanol–water partition coefficient (Wildman–Crippen LogP) is 4.67. The monoisotopic (exact) mass is 513 g/mol. The second-order valence-electron chi connectivity index (χ2n) is 5.65. The molecule has 0 aromatic heterocycles. The molecule has 1 saturated heterocycles. The number of hydrogen-bond donors (Lipinski definition) is 1. The van der Waals surface area contributed by atoms with E-state index < -0.39 is 4.92 Å². The van der Waals surface area contributed by atoms with Crippen LogP contribution < -0.4 is 0 Å². The summed E-state index contributed by atoms with van der Waals surface area (Å²) in [7, 11) is 0. The number of halogens is 2. The Morgan fingerprint density at radius 2 is 2.04 bits per heavy atom. The summed E-state index contributed by atoms with van der Waals surface area (Å²) in [6, 6.07) is 8.01. The minimum Gasteiger partial charge on any atom is -0.506 e. The van der Waals surface area contributed by atoms with E-state index in [4.69, 9.17) is 0 Å². The average molecular weight is 513 g/mol. The van der Waals surface area contributed by atoms with E-state index >= 15 is 0 Å². The zero-order chi connectivity index (χ0) is 20.4. The molecule has 2 aromatic rings. The van der Waals surface area contributed by atoms with Crippen molar-refractivity contribution in [3.63, 3.8) is 0 Å². The Labute approximate surface area is 177 Å². The highest BCUT2D eigenvalue weighted by Crippen LogP contribution is 2.37. The standard InChI is InChI=1S/C18H13FIN3O4S/c1-2-22-17(25)15(28-18(22)21-12-5-3-11(19)4-6-12)8-10-7-13(23(26)27)9-14(20)16(10)24/h3-9,24H,2H2,1H3/b15-8+,21-18?. The van der Waals surface area contributed by atoms with Crippen molar-refractivity contribution in [1.82, 2.24) is 4.90 Å². The van der Waals surface area contributed by atoms with Crippen molar-refractivity contribution in [1.29, 1.82) is 0 Å². The third-order valence-electron chi connectivity index (χ3n) is 3.83. The fourth-order valence-electron chi connectivity index (χ4n) is 2.46. The molecule has 1 N–H and O–H groups in total. The molecule has 1 aliphatic heterocycles. The van der Waals surface area contributed by atoms with Crippen LogP contribution >= 0.6 is 34.4 Å². The van der Waals surface area contributed by atoms with E-state index in [1.54, 1.807) is 29.5 Å². The number of aliphatic imine (C=N–C) groups is 1. The van der Waals surface area contributed by atoms with Crippen molar-refractivity contribution in [3.05, 3.63) is 66.4 Å². The second-order valence-corrected chi connectivity index (χ2v) is 7.82. The summed E-state index contributed by atoms with van der Waals surface area (Å²) in [6.45, 7) is 2.15. The number of nitro groups is 1. The Morgan fingerprint density at radius 1 is 1.36 bits per heavy atom. The number of amides is 1. The molecule has 144 valence electrons. The SMILES string of the molecule is CCN1C(=O)/C(=C\c2cc([N+](=O)[O-])cc(I)c2O)SC1=Nc1ccc(F)cc1. The summed E-state index contributed by atoms with van der Waals surface area (Å²) in [4.78, 5) is 29.3. The molecule has 0 radical (unpaired) electrons. The number of amidine groups is 1. The van der Waals surface area contributed by atoms with Gasteiger partial charge in [0, 0.05) is 24.2 Å². The highest BCUT2D eigenvalue weighted by Gasteiger charge is 2.32. The number of nitro benzene ring substituents is 1. The third kappa shape index (κ3) is 4.17. The van der Waals surface area contributed by atoms with E-state index in [9.17, 15) is 24.4 Å². The molecule has 0 unspecified atom stereocenters. The molecule has 1 fully saturated rings. The number of nitrogens with zero attached hydrogens (tertiary/aromatic N) is 3. The summed E-state index contributed by atoms with van der Waals surface area (Å²) < 4.78 is 13.4. The van der Waals surface area contributed by atoms with Gasteiger partial charge in [0.2, 0.25) is 0 Å². The lowest BCUT2D eigenvalue weighted by molar-refractivity contribution is -0.385. The number of carbonyl (C=O) groups excluding carboxylic acids is 1. The molecule has 28 heavy (non-hydrogen) atoms. The first-order chi connectivity index (χ1) is 13.3. The highest BCUT2D eigenvalue weighted by atomic mass is 127. The van der Waals surface area contributed by atoms with Gasteiger partial charge in [-0.05, 0) is 71.6 Å². The molecule has 0 atom stereocenters. The fraction of sp³-hybridized carbons (Fsp3) is 0.111. The number of thioether (sulfide) groups is 1. The van der Waals surface area contributed by atoms with Crippen molar-refractivity contribution < 1.29 is 19.2 Å². The maximum Gasteiger partial charge on any atom is 0.271 e. The smallest absolute Gasteiger partial charge is 0.271 e. The van der Waals surface area contributed by atoms with Crippen molar-refractivity contribution >= 4 is 62.9 Å². The summed E-state index contributed by atoms with van der Waals surface area (Å²) >= 11 is 2.88. The molecule has 2 aromatic carbocycles. The van der Waals surface area contributed by atoms with E-state index in [0.717, 1.165) is 11.8 Å². The lowest BCUT2D eigenvalue weighted by atomic mass is 10.1. The second kappa shape index (κ2) is 8.27. The topological polar surface area (TPSA) is 96.0 Å². The Kier molecular flexibility index (Phi) is 5.98. The number of non-ortho nitro benzene ring substituents is 1. The molecule has 3 rings (SSSR count). The lowest BCUT2D eigenvalue weighted by Crippen LogP contribution is -2.28. The van der Waals surface area contributed by atoms with Crippen LogP contribution in [0.5, 0.6) is 5.75 Å². The van der Waals surface area contributed by atoms with E-state index in [-0.39, 0.29) is 33.6 Å². The Balaban J connectivity index is 2.01. The van der Waals surface area contributed by atoms with Crippen LogP contribution in [0.3, 0.4) is 0 Å². The minimum atomic E-state index is -0.563. The highest BCUT2D eigenvalue weighted by molar-refractivity contribution is 14.1. The zero-order valence-electron chi connectivity index (χ0n) is 14.4. The number of likely N-dealkylation sites (N-methyl/N-ethyl adjacent to an activating group) is 1. The molecule has 0 bridgehead atoms. The van der Waals surface area contributed by atoms with E-state index in [1.165, 1.54) is 47.4 Å². The van der Waals surface area contributed by atoms with Crippen LogP contribution in [-0.2, 0) is 4.79 Å². The first-order valence-corrected chi connectivity index (χ1v) is 9.92. The quantitative estimate of drug-likeness (QED) is 0.278. The van der Waals surface area contributed by atoms with Gasteiger partial charge >= 0.3 is 0 Å². The van der Waals surface area contributed by atoms with E-state index in [1.807, 2.05) is 0 Å². The number of aromatic hydroxyl groups is 1. The van der Waals surface area contributed by atoms with Crippen LogP contribution in [0.25, 0.3) is 6.08 Å². The average Bonchev–Trinajstić information content (AvgIpc) is 2.95. The lowest BCUT2D eigenvalue weighted by Gasteiger charge is -2.11. The maximum absolute atomic E-state index is 13.1. The largest absolute Gasteiger partial charge is 0.506 e. The van der Waals surface area contributed by atoms with Gasteiger partial charge in [-0.25, -0.2) is 9.38 Å². The van der Waals surface area contributed by atoms with Crippen LogP contribution in [-0.4, -0.2) is 32.5 Å². The summed E-state index contributed by atoms with van der Waals surface area (Å²) in [5.41, 5.74) is 0.481. The van der Waals surface area contributed by atoms with Crippen LogP contribution in [0.2, 0.25) is 0 Å². The first kappa shape index (κ1) is 20.3. The van der Waals surface area contributed by atoms with Crippen molar-refractivity contribution in [2.45, 2.75) is 6.92 Å². The number of phenolic OH excluding ortho intramolecular Hbond substituents is 1. The van der Waals surface area contributed by atoms with Gasteiger partial charge in [0.05, 0.1) is 19.1 Å². The van der Waals surface area contributed by atoms with Gasteiger partial charge in [-0.3, -0.25) is 19.8 Å². The normalized spacial score (nSPS) is 17.0. The molecule has 0 saturated carbocycles. The Morgan fingerprint density at radius 3 is 2.64 bits per heavy atom. The molecule has 7 nitrogen and oxygen atoms in total. The van der Waals surface area contributed by atoms with Gasteiger partial charge in [-0.1, -0.05) is 0 Å². The molecule has 1 heterocycles. The first-order valence-electron chi connectivity index (χ1n) is 8.02. The number of rotatable bonds is 4. The summed E-state index contributed by atoms with van der Waals surface area (Å²) in [5.74, 6) is -0.851. The predicted molar refractivity (Wildman–Crippen MR) is 114 cm³/mol.